The number of benzene rings is 1. The van der Waals surface area contributed by atoms with E-state index in [0.29, 0.717) is 12.8 Å². The molecule has 0 aliphatic rings. The Bertz CT molecular complexity index is 514. The van der Waals surface area contributed by atoms with Gasteiger partial charge in [-0.15, -0.1) is 0 Å². The zero-order valence-corrected chi connectivity index (χ0v) is 10.4. The van der Waals surface area contributed by atoms with Gasteiger partial charge in [0.15, 0.2) is 0 Å². The molecular formula is C11H15NaO6S. The summed E-state index contributed by atoms with van der Waals surface area (Å²) >= 11 is 0. The molecule has 0 saturated heterocycles. The maximum atomic E-state index is 11.5. The average Bonchev–Trinajstić information content (AvgIpc) is 2.33. The fraction of sp³-hybridized carbons (Fsp3) is 0.364. The van der Waals surface area contributed by atoms with E-state index < -0.39 is 16.1 Å². The van der Waals surface area contributed by atoms with Crippen LogP contribution in [0.5, 0.6) is 0 Å². The second-order valence-corrected chi connectivity index (χ2v) is 4.99. The van der Waals surface area contributed by atoms with Crippen LogP contribution < -0.4 is 0 Å². The predicted octanol–water partition coefficient (Wildman–Crippen LogP) is 0.214. The van der Waals surface area contributed by atoms with Crippen molar-refractivity contribution in [3.8, 4) is 0 Å². The molecule has 6 nitrogen and oxygen atoms in total. The quantitative estimate of drug-likeness (QED) is 0.337. The molecule has 19 heavy (non-hydrogen) atoms. The molecular weight excluding hydrogens is 283 g/mol. The summed E-state index contributed by atoms with van der Waals surface area (Å²) in [5, 5.41) is 8.54. The molecule has 1 aromatic carbocycles. The molecule has 0 heterocycles. The van der Waals surface area contributed by atoms with Crippen LogP contribution in [0.1, 0.15) is 23.2 Å². The first-order valence-electron chi connectivity index (χ1n) is 5.30. The van der Waals surface area contributed by atoms with Crippen LogP contribution in [0.15, 0.2) is 29.2 Å². The molecule has 0 unspecified atom stereocenters. The van der Waals surface area contributed by atoms with Gasteiger partial charge in [-0.05, 0) is 31.0 Å². The van der Waals surface area contributed by atoms with Gasteiger partial charge < -0.3 is 9.84 Å². The molecule has 0 atom stereocenters. The molecule has 102 valence electrons. The van der Waals surface area contributed by atoms with Crippen LogP contribution in [-0.2, 0) is 14.9 Å². The molecule has 2 N–H and O–H groups in total. The Kier molecular flexibility index (Phi) is 8.47. The van der Waals surface area contributed by atoms with Crippen LogP contribution >= 0.6 is 0 Å². The molecule has 8 heteroatoms. The van der Waals surface area contributed by atoms with Crippen molar-refractivity contribution in [2.45, 2.75) is 17.7 Å². The second kappa shape index (κ2) is 8.68. The van der Waals surface area contributed by atoms with E-state index in [1.165, 1.54) is 18.2 Å². The third-order valence-electron chi connectivity index (χ3n) is 2.15. The zero-order valence-electron chi connectivity index (χ0n) is 9.57. The molecule has 0 aromatic heterocycles. The third kappa shape index (κ3) is 6.51. The molecule has 0 aliphatic carbocycles. The number of ether oxygens (including phenoxy) is 1. The zero-order chi connectivity index (χ0) is 13.6. The predicted molar refractivity (Wildman–Crippen MR) is 70.0 cm³/mol. The monoisotopic (exact) mass is 298 g/mol. The number of aliphatic hydroxyl groups is 1. The molecule has 0 aliphatic heterocycles. The number of unbranched alkanes of at least 4 members (excludes halogenated alkanes) is 1. The van der Waals surface area contributed by atoms with Crippen LogP contribution in [0.4, 0.5) is 0 Å². The van der Waals surface area contributed by atoms with Gasteiger partial charge in [0.05, 0.1) is 17.1 Å². The van der Waals surface area contributed by atoms with Crippen molar-refractivity contribution in [1.82, 2.24) is 0 Å². The van der Waals surface area contributed by atoms with Crippen molar-refractivity contribution in [3.63, 3.8) is 0 Å². The van der Waals surface area contributed by atoms with E-state index in [9.17, 15) is 13.2 Å². The van der Waals surface area contributed by atoms with Crippen molar-refractivity contribution in [2.24, 2.45) is 0 Å². The van der Waals surface area contributed by atoms with Crippen LogP contribution in [0.2, 0.25) is 0 Å². The Labute approximate surface area is 133 Å². The number of carbonyl (C=O) groups excluding carboxylic acids is 1. The van der Waals surface area contributed by atoms with Gasteiger partial charge in [0.25, 0.3) is 10.1 Å². The Morgan fingerprint density at radius 3 is 2.53 bits per heavy atom. The van der Waals surface area contributed by atoms with Gasteiger partial charge in [-0.25, -0.2) is 4.79 Å². The van der Waals surface area contributed by atoms with E-state index in [2.05, 4.69) is 0 Å². The van der Waals surface area contributed by atoms with Crippen LogP contribution in [0, 0.1) is 0 Å². The summed E-state index contributed by atoms with van der Waals surface area (Å²) < 4.78 is 35.5. The van der Waals surface area contributed by atoms with Crippen LogP contribution in [0.25, 0.3) is 0 Å². The second-order valence-electron chi connectivity index (χ2n) is 3.57. The summed E-state index contributed by atoms with van der Waals surface area (Å²) in [6.45, 7) is 0.172. The van der Waals surface area contributed by atoms with Crippen LogP contribution in [0.3, 0.4) is 0 Å². The topological polar surface area (TPSA) is 101 Å². The van der Waals surface area contributed by atoms with Gasteiger partial charge in [-0.2, -0.15) is 8.42 Å². The minimum atomic E-state index is -4.33. The van der Waals surface area contributed by atoms with Crippen molar-refractivity contribution >= 4 is 45.6 Å². The van der Waals surface area contributed by atoms with E-state index in [4.69, 9.17) is 14.4 Å². The number of hydrogen-bond donors (Lipinski definition) is 2. The summed E-state index contributed by atoms with van der Waals surface area (Å²) in [5.41, 5.74) is 0.0501. The van der Waals surface area contributed by atoms with E-state index >= 15 is 0 Å². The van der Waals surface area contributed by atoms with Crippen molar-refractivity contribution < 1.29 is 27.6 Å². The molecule has 0 fully saturated rings. The first-order valence-corrected chi connectivity index (χ1v) is 6.74. The number of hydrogen-bond acceptors (Lipinski definition) is 5. The van der Waals surface area contributed by atoms with Crippen LogP contribution in [-0.4, -0.2) is 66.8 Å². The minimum absolute atomic E-state index is 0. The van der Waals surface area contributed by atoms with Gasteiger partial charge >= 0.3 is 35.5 Å². The summed E-state index contributed by atoms with van der Waals surface area (Å²) in [6, 6.07) is 4.96. The number of esters is 1. The Morgan fingerprint density at radius 1 is 1.26 bits per heavy atom. The van der Waals surface area contributed by atoms with Crippen molar-refractivity contribution in [1.29, 1.82) is 0 Å². The first kappa shape index (κ1) is 18.6. The van der Waals surface area contributed by atoms with Crippen molar-refractivity contribution in [3.05, 3.63) is 29.8 Å². The van der Waals surface area contributed by atoms with Gasteiger partial charge in [0, 0.05) is 6.61 Å². The third-order valence-corrected chi connectivity index (χ3v) is 3.00. The normalized spacial score (nSPS) is 10.6. The molecule has 1 rings (SSSR count). The van der Waals surface area contributed by atoms with Gasteiger partial charge in [-0.3, -0.25) is 4.55 Å². The molecule has 0 bridgehead atoms. The first-order chi connectivity index (χ1) is 8.45. The summed E-state index contributed by atoms with van der Waals surface area (Å²) in [5.74, 6) is -0.668. The SMILES string of the molecule is O=C(OCCCCO)c1cccc(S(=O)(=O)O)c1.[NaH]. The molecule has 1 aromatic rings. The Morgan fingerprint density at radius 2 is 1.95 bits per heavy atom. The molecule has 0 radical (unpaired) electrons. The summed E-state index contributed by atoms with van der Waals surface area (Å²) in [7, 11) is -4.33. The van der Waals surface area contributed by atoms with E-state index in [1.54, 1.807) is 0 Å². The Hall–Kier alpha value is -0.440. The molecule has 0 saturated carbocycles. The average molecular weight is 298 g/mol. The number of rotatable bonds is 6. The van der Waals surface area contributed by atoms with E-state index in [1.807, 2.05) is 0 Å². The molecule has 0 amide bonds. The number of carbonyl (C=O) groups is 1. The van der Waals surface area contributed by atoms with Gasteiger partial charge in [0.2, 0.25) is 0 Å². The standard InChI is InChI=1S/C11H14O6S.Na.H/c12-6-1-2-7-17-11(13)9-4-3-5-10(8-9)18(14,15)16;;/h3-5,8,12H,1-2,6-7H2,(H,14,15,16);;. The summed E-state index contributed by atoms with van der Waals surface area (Å²) in [6.07, 6.45) is 1.05. The van der Waals surface area contributed by atoms with E-state index in [0.717, 1.165) is 6.07 Å². The number of aliphatic hydroxyl groups excluding tert-OH is 1. The van der Waals surface area contributed by atoms with Crippen molar-refractivity contribution in [2.75, 3.05) is 13.2 Å². The molecule has 0 spiro atoms. The fourth-order valence-electron chi connectivity index (χ4n) is 1.25. The fourth-order valence-corrected chi connectivity index (χ4v) is 1.77. The van der Waals surface area contributed by atoms with E-state index in [-0.39, 0.29) is 53.2 Å². The van der Waals surface area contributed by atoms with Gasteiger partial charge in [0.1, 0.15) is 0 Å². The summed E-state index contributed by atoms with van der Waals surface area (Å²) in [4.78, 5) is 11.2. The Balaban J connectivity index is 0.00000324. The van der Waals surface area contributed by atoms with Gasteiger partial charge in [-0.1, -0.05) is 6.07 Å². The maximum absolute atomic E-state index is 11.5.